The molecular formula is C19H25N3O4S. The molecular weight excluding hydrogens is 366 g/mol. The van der Waals surface area contributed by atoms with E-state index in [0.29, 0.717) is 30.9 Å². The molecule has 1 saturated heterocycles. The molecule has 0 unspecified atom stereocenters. The Balaban J connectivity index is 1.48. The Hall–Kier alpha value is -2.35. The predicted molar refractivity (Wildman–Crippen MR) is 105 cm³/mol. The van der Waals surface area contributed by atoms with Gasteiger partial charge < -0.3 is 10.6 Å². The maximum atomic E-state index is 12.0. The Kier molecular flexibility index (Phi) is 6.15. The van der Waals surface area contributed by atoms with Crippen LogP contribution in [0.1, 0.15) is 38.5 Å². The number of nitrogens with zero attached hydrogens (tertiary/aromatic N) is 1. The van der Waals surface area contributed by atoms with Crippen LogP contribution >= 0.6 is 0 Å². The fourth-order valence-electron chi connectivity index (χ4n) is 3.38. The van der Waals surface area contributed by atoms with Crippen molar-refractivity contribution >= 4 is 33.2 Å². The first-order valence-corrected chi connectivity index (χ1v) is 10.9. The van der Waals surface area contributed by atoms with Gasteiger partial charge in [-0.2, -0.15) is 0 Å². The van der Waals surface area contributed by atoms with Gasteiger partial charge in [0, 0.05) is 18.8 Å². The van der Waals surface area contributed by atoms with Crippen molar-refractivity contribution in [2.24, 2.45) is 0 Å². The highest BCUT2D eigenvalue weighted by atomic mass is 32.2. The van der Waals surface area contributed by atoms with E-state index in [9.17, 15) is 18.0 Å². The number of hydrogen-bond donors (Lipinski definition) is 2. The van der Waals surface area contributed by atoms with Crippen molar-refractivity contribution < 1.29 is 18.0 Å². The zero-order valence-corrected chi connectivity index (χ0v) is 16.1. The molecule has 7 nitrogen and oxygen atoms in total. The number of amides is 2. The number of anilines is 2. The molecule has 0 aromatic heterocycles. The largest absolute Gasteiger partial charge is 0.348 e. The van der Waals surface area contributed by atoms with Crippen molar-refractivity contribution in [3.8, 4) is 0 Å². The van der Waals surface area contributed by atoms with Crippen LogP contribution < -0.4 is 14.9 Å². The minimum atomic E-state index is -3.23. The average molecular weight is 391 g/mol. The molecule has 8 heteroatoms. The summed E-state index contributed by atoms with van der Waals surface area (Å²) in [5, 5.41) is 5.17. The van der Waals surface area contributed by atoms with E-state index in [1.54, 1.807) is 24.3 Å². The van der Waals surface area contributed by atoms with E-state index >= 15 is 0 Å². The van der Waals surface area contributed by atoms with E-state index in [1.807, 2.05) is 0 Å². The van der Waals surface area contributed by atoms with Gasteiger partial charge in [0.2, 0.25) is 10.0 Å². The van der Waals surface area contributed by atoms with Gasteiger partial charge in [-0.3, -0.25) is 13.9 Å². The van der Waals surface area contributed by atoms with Crippen LogP contribution in [0.5, 0.6) is 0 Å². The van der Waals surface area contributed by atoms with Crippen molar-refractivity contribution in [2.75, 3.05) is 28.5 Å². The Labute approximate surface area is 159 Å². The van der Waals surface area contributed by atoms with E-state index in [1.165, 1.54) is 22.7 Å². The van der Waals surface area contributed by atoms with E-state index < -0.39 is 21.8 Å². The van der Waals surface area contributed by atoms with E-state index in [4.69, 9.17) is 0 Å². The number of nitrogens with one attached hydrogen (secondary N) is 2. The molecule has 2 amide bonds. The molecule has 3 rings (SSSR count). The fourth-order valence-corrected chi connectivity index (χ4v) is 4.94. The number of benzene rings is 1. The summed E-state index contributed by atoms with van der Waals surface area (Å²) in [7, 11) is -3.23. The van der Waals surface area contributed by atoms with Gasteiger partial charge in [0.05, 0.1) is 11.4 Å². The lowest BCUT2D eigenvalue weighted by molar-refractivity contribution is -0.136. The van der Waals surface area contributed by atoms with Crippen LogP contribution in [0, 0.1) is 0 Å². The minimum absolute atomic E-state index is 0.155. The molecule has 1 aromatic rings. The van der Waals surface area contributed by atoms with E-state index in [0.717, 1.165) is 19.3 Å². The molecule has 0 bridgehead atoms. The zero-order chi connectivity index (χ0) is 19.3. The highest BCUT2D eigenvalue weighted by molar-refractivity contribution is 7.93. The lowest BCUT2D eigenvalue weighted by Crippen LogP contribution is -2.36. The normalized spacial score (nSPS) is 18.7. The third-order valence-corrected chi connectivity index (χ3v) is 6.70. The van der Waals surface area contributed by atoms with Gasteiger partial charge in [0.1, 0.15) is 0 Å². The molecule has 2 aliphatic rings. The van der Waals surface area contributed by atoms with Crippen molar-refractivity contribution in [1.82, 2.24) is 5.32 Å². The Morgan fingerprint density at radius 1 is 1.04 bits per heavy atom. The molecule has 0 spiro atoms. The maximum Gasteiger partial charge on any atom is 0.313 e. The third kappa shape index (κ3) is 5.09. The summed E-state index contributed by atoms with van der Waals surface area (Å²) in [6, 6.07) is 6.46. The summed E-state index contributed by atoms with van der Waals surface area (Å²) in [5.74, 6) is -1.24. The molecule has 1 aromatic carbocycles. The average Bonchev–Trinajstić information content (AvgIpc) is 3.02. The zero-order valence-electron chi connectivity index (χ0n) is 15.2. The standard InChI is InChI=1S/C19H25N3O4S/c23-18(20-12-11-15-5-2-1-3-6-15)19(24)21-16-7-9-17(10-8-16)22-13-4-14-27(22,25)26/h5,7-10H,1-4,6,11-14H2,(H,20,23)(H,21,24). The lowest BCUT2D eigenvalue weighted by atomic mass is 9.97. The molecule has 1 heterocycles. The number of allylic oxidation sites excluding steroid dienone is 1. The maximum absolute atomic E-state index is 12.0. The SMILES string of the molecule is O=C(NCCC1=CCCCC1)C(=O)Nc1ccc(N2CCCS2(=O)=O)cc1. The summed E-state index contributed by atoms with van der Waals surface area (Å²) in [5.41, 5.74) is 2.36. The van der Waals surface area contributed by atoms with Crippen LogP contribution in [0.25, 0.3) is 0 Å². The smallest absolute Gasteiger partial charge is 0.313 e. The summed E-state index contributed by atoms with van der Waals surface area (Å²) in [4.78, 5) is 23.9. The monoisotopic (exact) mass is 391 g/mol. The number of hydrogen-bond acceptors (Lipinski definition) is 4. The quantitative estimate of drug-likeness (QED) is 0.594. The Morgan fingerprint density at radius 2 is 1.81 bits per heavy atom. The van der Waals surface area contributed by atoms with Gasteiger partial charge in [0.25, 0.3) is 0 Å². The molecule has 1 aliphatic carbocycles. The van der Waals surface area contributed by atoms with Crippen molar-refractivity contribution in [1.29, 1.82) is 0 Å². The molecule has 2 N–H and O–H groups in total. The number of rotatable bonds is 5. The molecule has 0 radical (unpaired) electrons. The number of carbonyl (C=O) groups excluding carboxylic acids is 2. The highest BCUT2D eigenvalue weighted by Crippen LogP contribution is 2.25. The summed E-state index contributed by atoms with van der Waals surface area (Å²) in [6.07, 6.45) is 8.18. The van der Waals surface area contributed by atoms with E-state index in [2.05, 4.69) is 16.7 Å². The van der Waals surface area contributed by atoms with Crippen LogP contribution in [-0.4, -0.2) is 39.1 Å². The van der Waals surface area contributed by atoms with Crippen LogP contribution in [0.15, 0.2) is 35.9 Å². The van der Waals surface area contributed by atoms with Gasteiger partial charge >= 0.3 is 11.8 Å². The first-order chi connectivity index (χ1) is 13.0. The molecule has 27 heavy (non-hydrogen) atoms. The first kappa shape index (κ1) is 19.4. The predicted octanol–water partition coefficient (Wildman–Crippen LogP) is 2.17. The lowest BCUT2D eigenvalue weighted by Gasteiger charge is -2.17. The van der Waals surface area contributed by atoms with Crippen LogP contribution in [0.2, 0.25) is 0 Å². The Bertz CT molecular complexity index is 831. The van der Waals surface area contributed by atoms with Crippen LogP contribution in [-0.2, 0) is 19.6 Å². The first-order valence-electron chi connectivity index (χ1n) is 9.33. The topological polar surface area (TPSA) is 95.6 Å². The van der Waals surface area contributed by atoms with E-state index in [-0.39, 0.29) is 5.75 Å². The van der Waals surface area contributed by atoms with Crippen LogP contribution in [0.4, 0.5) is 11.4 Å². The Morgan fingerprint density at radius 3 is 2.44 bits per heavy atom. The molecule has 1 aliphatic heterocycles. The number of carbonyl (C=O) groups is 2. The van der Waals surface area contributed by atoms with Gasteiger partial charge in [-0.1, -0.05) is 11.6 Å². The molecule has 146 valence electrons. The second kappa shape index (κ2) is 8.56. The summed E-state index contributed by atoms with van der Waals surface area (Å²) in [6.45, 7) is 0.913. The third-order valence-electron chi connectivity index (χ3n) is 4.84. The number of sulfonamides is 1. The van der Waals surface area contributed by atoms with Gasteiger partial charge in [-0.15, -0.1) is 0 Å². The fraction of sp³-hybridized carbons (Fsp3) is 0.474. The highest BCUT2D eigenvalue weighted by Gasteiger charge is 2.28. The summed E-state index contributed by atoms with van der Waals surface area (Å²) >= 11 is 0. The van der Waals surface area contributed by atoms with Crippen molar-refractivity contribution in [3.05, 3.63) is 35.9 Å². The van der Waals surface area contributed by atoms with Gasteiger partial charge in [0.15, 0.2) is 0 Å². The van der Waals surface area contributed by atoms with Crippen molar-refractivity contribution in [3.63, 3.8) is 0 Å². The molecule has 1 fully saturated rings. The van der Waals surface area contributed by atoms with Crippen LogP contribution in [0.3, 0.4) is 0 Å². The summed E-state index contributed by atoms with van der Waals surface area (Å²) < 4.78 is 25.2. The molecule has 0 saturated carbocycles. The second-order valence-electron chi connectivity index (χ2n) is 6.86. The minimum Gasteiger partial charge on any atom is -0.348 e. The van der Waals surface area contributed by atoms with Gasteiger partial charge in [-0.25, -0.2) is 8.42 Å². The molecule has 0 atom stereocenters. The van der Waals surface area contributed by atoms with Crippen molar-refractivity contribution in [2.45, 2.75) is 38.5 Å². The van der Waals surface area contributed by atoms with Gasteiger partial charge in [-0.05, 0) is 62.8 Å². The second-order valence-corrected chi connectivity index (χ2v) is 8.87.